The second-order valence-corrected chi connectivity index (χ2v) is 10.6. The quantitative estimate of drug-likeness (QED) is 0.529. The Morgan fingerprint density at radius 1 is 0.550 bits per heavy atom. The molecule has 2 aromatic carbocycles. The predicted molar refractivity (Wildman–Crippen MR) is 146 cm³/mol. The Bertz CT molecular complexity index is 911. The van der Waals surface area contributed by atoms with Crippen molar-refractivity contribution in [3.8, 4) is 0 Å². The molecular formula is C31H42O9. The highest BCUT2D eigenvalue weighted by Crippen LogP contribution is 2.42. The molecule has 9 nitrogen and oxygen atoms in total. The second-order valence-electron chi connectivity index (χ2n) is 10.6. The third-order valence-electron chi connectivity index (χ3n) is 7.17. The molecule has 0 N–H and O–H groups in total. The van der Waals surface area contributed by atoms with Gasteiger partial charge in [-0.05, 0) is 25.0 Å². The van der Waals surface area contributed by atoms with Crippen molar-refractivity contribution in [1.82, 2.24) is 0 Å². The third kappa shape index (κ3) is 8.09. The van der Waals surface area contributed by atoms with Gasteiger partial charge in [0.2, 0.25) is 0 Å². The highest BCUT2D eigenvalue weighted by Gasteiger charge is 2.60. The highest BCUT2D eigenvalue weighted by atomic mass is 16.8. The van der Waals surface area contributed by atoms with Gasteiger partial charge in [0.1, 0.15) is 36.6 Å². The van der Waals surface area contributed by atoms with Crippen molar-refractivity contribution >= 4 is 0 Å². The maximum atomic E-state index is 6.59. The van der Waals surface area contributed by atoms with Gasteiger partial charge in [-0.25, -0.2) is 0 Å². The number of fused-ring (bicyclic) bond motifs is 2. The predicted octanol–water partition coefficient (Wildman–Crippen LogP) is 3.52. The van der Waals surface area contributed by atoms with Crippen LogP contribution in [-0.2, 0) is 55.8 Å². The zero-order chi connectivity index (χ0) is 27.6. The smallest absolute Gasteiger partial charge is 0.164 e. The summed E-state index contributed by atoms with van der Waals surface area (Å²) in [5, 5.41) is 0. The van der Waals surface area contributed by atoms with Crippen molar-refractivity contribution in [2.75, 3.05) is 52.9 Å². The lowest BCUT2D eigenvalue weighted by Gasteiger charge is -2.46. The molecule has 2 aliphatic heterocycles. The largest absolute Gasteiger partial charge is 0.377 e. The van der Waals surface area contributed by atoms with Crippen LogP contribution in [0.2, 0.25) is 0 Å². The Morgan fingerprint density at radius 3 is 1.32 bits per heavy atom. The average molecular weight is 559 g/mol. The normalized spacial score (nSPS) is 31.9. The zero-order valence-electron chi connectivity index (χ0n) is 23.5. The summed E-state index contributed by atoms with van der Waals surface area (Å²) in [6.07, 6.45) is -2.75. The highest BCUT2D eigenvalue weighted by molar-refractivity contribution is 5.15. The SMILES string of the molecule is CC1(C)O[C@@H]2[C@H](OCc3ccccc3)[C@H]3OCCOCCOCCOCCO[C@@H]3[C@@H](OCc3ccccc3)[C@@H]2O1. The maximum Gasteiger partial charge on any atom is 0.164 e. The van der Waals surface area contributed by atoms with E-state index in [1.54, 1.807) is 0 Å². The molecule has 9 heteroatoms. The Morgan fingerprint density at radius 2 is 0.925 bits per heavy atom. The number of hydrogen-bond donors (Lipinski definition) is 0. The molecule has 3 fully saturated rings. The monoisotopic (exact) mass is 558 g/mol. The number of rotatable bonds is 6. The van der Waals surface area contributed by atoms with Crippen LogP contribution in [0.4, 0.5) is 0 Å². The van der Waals surface area contributed by atoms with Crippen LogP contribution < -0.4 is 0 Å². The molecule has 0 unspecified atom stereocenters. The van der Waals surface area contributed by atoms with Crippen LogP contribution in [0, 0.1) is 0 Å². The van der Waals surface area contributed by atoms with Crippen molar-refractivity contribution < 1.29 is 42.6 Å². The number of hydrogen-bond acceptors (Lipinski definition) is 9. The molecule has 0 amide bonds. The van der Waals surface area contributed by atoms with E-state index in [-0.39, 0.29) is 0 Å². The van der Waals surface area contributed by atoms with Gasteiger partial charge in [-0.3, -0.25) is 0 Å². The van der Waals surface area contributed by atoms with Crippen LogP contribution in [0.15, 0.2) is 60.7 Å². The Kier molecular flexibility index (Phi) is 11.0. The number of benzene rings is 2. The van der Waals surface area contributed by atoms with E-state index in [4.69, 9.17) is 42.6 Å². The van der Waals surface area contributed by atoms with Crippen molar-refractivity contribution in [2.45, 2.75) is 69.5 Å². The van der Waals surface area contributed by atoms with Gasteiger partial charge in [0.15, 0.2) is 5.79 Å². The first kappa shape index (κ1) is 29.6. The molecule has 0 bridgehead atoms. The Balaban J connectivity index is 1.42. The van der Waals surface area contributed by atoms with Gasteiger partial charge in [-0.15, -0.1) is 0 Å². The van der Waals surface area contributed by atoms with E-state index in [0.29, 0.717) is 66.1 Å². The van der Waals surface area contributed by atoms with E-state index in [0.717, 1.165) is 11.1 Å². The summed E-state index contributed by atoms with van der Waals surface area (Å²) in [5.41, 5.74) is 2.12. The van der Waals surface area contributed by atoms with Gasteiger partial charge >= 0.3 is 0 Å². The van der Waals surface area contributed by atoms with Crippen LogP contribution in [-0.4, -0.2) is 95.3 Å². The lowest BCUT2D eigenvalue weighted by molar-refractivity contribution is -0.250. The molecule has 40 heavy (non-hydrogen) atoms. The van der Waals surface area contributed by atoms with Crippen molar-refractivity contribution in [2.24, 2.45) is 0 Å². The first-order valence-corrected chi connectivity index (χ1v) is 14.2. The molecule has 2 saturated heterocycles. The van der Waals surface area contributed by atoms with Crippen LogP contribution in [0.3, 0.4) is 0 Å². The molecule has 3 aliphatic rings. The van der Waals surface area contributed by atoms with Crippen molar-refractivity contribution in [1.29, 1.82) is 0 Å². The summed E-state index contributed by atoms with van der Waals surface area (Å²) < 4.78 is 56.2. The molecule has 0 radical (unpaired) electrons. The van der Waals surface area contributed by atoms with Crippen LogP contribution >= 0.6 is 0 Å². The van der Waals surface area contributed by atoms with E-state index < -0.39 is 42.4 Å². The second kappa shape index (κ2) is 14.8. The van der Waals surface area contributed by atoms with Crippen molar-refractivity contribution in [3.05, 3.63) is 71.8 Å². The third-order valence-corrected chi connectivity index (χ3v) is 7.17. The molecule has 5 rings (SSSR count). The molecule has 1 aliphatic carbocycles. The summed E-state index contributed by atoms with van der Waals surface area (Å²) in [6.45, 7) is 8.18. The van der Waals surface area contributed by atoms with Gasteiger partial charge in [0.25, 0.3) is 0 Å². The molecular weight excluding hydrogens is 516 g/mol. The standard InChI is InChI=1S/C31H42O9/c1-31(2)39-29-27(37-21-23-9-5-3-6-10-23)25-26(28(30(29)40-31)38-22-24-11-7-4-8-12-24)36-20-18-34-16-14-32-13-15-33-17-19-35-25/h3-12,25-30H,13-22H2,1-2H3/t25-,26-,27+,28+,29-,30+/m0/s1. The van der Waals surface area contributed by atoms with E-state index in [1.807, 2.05) is 74.5 Å². The summed E-state index contributed by atoms with van der Waals surface area (Å²) in [5.74, 6) is -0.819. The van der Waals surface area contributed by atoms with Gasteiger partial charge in [0.05, 0.1) is 66.1 Å². The fraction of sp³-hybridized carbons (Fsp3) is 0.613. The summed E-state index contributed by atoms with van der Waals surface area (Å²) >= 11 is 0. The molecule has 2 aromatic rings. The minimum Gasteiger partial charge on any atom is -0.377 e. The minimum atomic E-state index is -0.819. The van der Waals surface area contributed by atoms with Crippen LogP contribution in [0.25, 0.3) is 0 Å². The Hall–Kier alpha value is -1.92. The number of ether oxygens (including phenoxy) is 9. The molecule has 0 aromatic heterocycles. The lowest BCUT2D eigenvalue weighted by Crippen LogP contribution is -2.65. The van der Waals surface area contributed by atoms with E-state index >= 15 is 0 Å². The van der Waals surface area contributed by atoms with E-state index in [9.17, 15) is 0 Å². The first-order chi connectivity index (χ1) is 19.6. The Labute approximate surface area is 236 Å². The summed E-state index contributed by atoms with van der Waals surface area (Å²) in [6, 6.07) is 20.2. The topological polar surface area (TPSA) is 83.1 Å². The van der Waals surface area contributed by atoms with Crippen LogP contribution in [0.5, 0.6) is 0 Å². The summed E-state index contributed by atoms with van der Waals surface area (Å²) in [4.78, 5) is 0. The molecule has 2 heterocycles. The molecule has 1 saturated carbocycles. The lowest BCUT2D eigenvalue weighted by atomic mass is 9.84. The average Bonchev–Trinajstić information content (AvgIpc) is 3.28. The van der Waals surface area contributed by atoms with E-state index in [2.05, 4.69) is 0 Å². The van der Waals surface area contributed by atoms with Crippen molar-refractivity contribution in [3.63, 3.8) is 0 Å². The first-order valence-electron chi connectivity index (χ1n) is 14.2. The zero-order valence-corrected chi connectivity index (χ0v) is 23.5. The van der Waals surface area contributed by atoms with Gasteiger partial charge in [0, 0.05) is 0 Å². The molecule has 6 atom stereocenters. The fourth-order valence-electron chi connectivity index (χ4n) is 5.39. The fourth-order valence-corrected chi connectivity index (χ4v) is 5.39. The van der Waals surface area contributed by atoms with Gasteiger partial charge in [-0.2, -0.15) is 0 Å². The molecule has 220 valence electrons. The minimum absolute atomic E-state index is 0.360. The van der Waals surface area contributed by atoms with Gasteiger partial charge < -0.3 is 42.6 Å². The summed E-state index contributed by atoms with van der Waals surface area (Å²) in [7, 11) is 0. The maximum absolute atomic E-state index is 6.59. The molecule has 0 spiro atoms. The van der Waals surface area contributed by atoms with Crippen LogP contribution in [0.1, 0.15) is 25.0 Å². The van der Waals surface area contributed by atoms with E-state index in [1.165, 1.54) is 0 Å². The van der Waals surface area contributed by atoms with Gasteiger partial charge in [-0.1, -0.05) is 60.7 Å².